The second-order valence-electron chi connectivity index (χ2n) is 6.60. The maximum absolute atomic E-state index is 5.20. The van der Waals surface area contributed by atoms with Crippen molar-refractivity contribution in [3.05, 3.63) is 17.0 Å². The first-order chi connectivity index (χ1) is 11.0. The minimum atomic E-state index is 0. The standard InChI is InChI=1S/C17H31N5O.HI/c1-12(2)22-10-7-15(8-11-22)20-17(18-5)19-9-6-16-13(3)21-23-14(16)4;/h12,15H,6-11H2,1-5H3,(H2,18,19,20);1H. The summed E-state index contributed by atoms with van der Waals surface area (Å²) in [5, 5.41) is 10.9. The molecule has 1 fully saturated rings. The second kappa shape index (κ2) is 10.2. The van der Waals surface area contributed by atoms with Gasteiger partial charge in [0, 0.05) is 44.3 Å². The molecule has 1 aliphatic rings. The number of rotatable bonds is 5. The van der Waals surface area contributed by atoms with Crippen molar-refractivity contribution in [1.82, 2.24) is 20.7 Å². The Balaban J connectivity index is 0.00000288. The number of halogens is 1. The largest absolute Gasteiger partial charge is 0.361 e. The predicted molar refractivity (Wildman–Crippen MR) is 109 cm³/mol. The Labute approximate surface area is 162 Å². The van der Waals surface area contributed by atoms with Crippen LogP contribution >= 0.6 is 24.0 Å². The molecule has 0 radical (unpaired) electrons. The van der Waals surface area contributed by atoms with Crippen LogP contribution in [0.1, 0.15) is 43.7 Å². The van der Waals surface area contributed by atoms with E-state index in [4.69, 9.17) is 4.52 Å². The molecular weight excluding hydrogens is 417 g/mol. The summed E-state index contributed by atoms with van der Waals surface area (Å²) in [6.07, 6.45) is 3.24. The van der Waals surface area contributed by atoms with Crippen LogP contribution in [0.5, 0.6) is 0 Å². The number of nitrogens with one attached hydrogen (secondary N) is 2. The van der Waals surface area contributed by atoms with Gasteiger partial charge in [0.05, 0.1) is 5.69 Å². The summed E-state index contributed by atoms with van der Waals surface area (Å²) in [6, 6.07) is 1.15. The van der Waals surface area contributed by atoms with Crippen LogP contribution in [-0.4, -0.2) is 54.8 Å². The zero-order chi connectivity index (χ0) is 16.8. The lowest BCUT2D eigenvalue weighted by atomic mass is 10.0. The van der Waals surface area contributed by atoms with Gasteiger partial charge in [0.2, 0.25) is 0 Å². The van der Waals surface area contributed by atoms with Crippen LogP contribution in [0, 0.1) is 13.8 Å². The molecule has 2 rings (SSSR count). The molecule has 0 aliphatic carbocycles. The van der Waals surface area contributed by atoms with Crippen molar-refractivity contribution in [1.29, 1.82) is 0 Å². The third kappa shape index (κ3) is 5.91. The molecule has 24 heavy (non-hydrogen) atoms. The summed E-state index contributed by atoms with van der Waals surface area (Å²) < 4.78 is 5.20. The van der Waals surface area contributed by atoms with Crippen LogP contribution < -0.4 is 10.6 Å². The Bertz CT molecular complexity index is 502. The Morgan fingerprint density at radius 3 is 2.50 bits per heavy atom. The molecule has 0 atom stereocenters. The third-order valence-electron chi connectivity index (χ3n) is 4.67. The van der Waals surface area contributed by atoms with Crippen molar-refractivity contribution >= 4 is 29.9 Å². The lowest BCUT2D eigenvalue weighted by Crippen LogP contribution is -2.50. The minimum absolute atomic E-state index is 0. The first-order valence-electron chi connectivity index (χ1n) is 8.64. The van der Waals surface area contributed by atoms with Gasteiger partial charge in [-0.3, -0.25) is 4.99 Å². The molecule has 6 nitrogen and oxygen atoms in total. The number of aromatic nitrogens is 1. The van der Waals surface area contributed by atoms with Gasteiger partial charge in [-0.25, -0.2) is 0 Å². The van der Waals surface area contributed by atoms with E-state index in [-0.39, 0.29) is 24.0 Å². The van der Waals surface area contributed by atoms with Crippen LogP contribution in [0.15, 0.2) is 9.52 Å². The number of guanidine groups is 1. The first-order valence-corrected chi connectivity index (χ1v) is 8.64. The van der Waals surface area contributed by atoms with Crippen LogP contribution in [-0.2, 0) is 6.42 Å². The zero-order valence-corrected chi connectivity index (χ0v) is 17.9. The van der Waals surface area contributed by atoms with Gasteiger partial charge in [0.1, 0.15) is 5.76 Å². The Morgan fingerprint density at radius 2 is 2.00 bits per heavy atom. The summed E-state index contributed by atoms with van der Waals surface area (Å²) in [4.78, 5) is 6.88. The molecule has 1 aliphatic heterocycles. The fourth-order valence-electron chi connectivity index (χ4n) is 3.11. The molecule has 0 unspecified atom stereocenters. The number of aryl methyl sites for hydroxylation is 2. The van der Waals surface area contributed by atoms with Crippen LogP contribution in [0.25, 0.3) is 0 Å². The second-order valence-corrected chi connectivity index (χ2v) is 6.60. The van der Waals surface area contributed by atoms with Gasteiger partial charge in [-0.2, -0.15) is 0 Å². The predicted octanol–water partition coefficient (Wildman–Crippen LogP) is 2.49. The van der Waals surface area contributed by atoms with E-state index in [1.54, 1.807) is 0 Å². The summed E-state index contributed by atoms with van der Waals surface area (Å²) in [5.74, 6) is 1.80. The molecule has 2 N–H and O–H groups in total. The maximum atomic E-state index is 5.20. The highest BCUT2D eigenvalue weighted by molar-refractivity contribution is 14.0. The van der Waals surface area contributed by atoms with Gasteiger partial charge in [-0.05, 0) is 47.0 Å². The molecule has 2 heterocycles. The van der Waals surface area contributed by atoms with Gasteiger partial charge in [0.15, 0.2) is 5.96 Å². The number of likely N-dealkylation sites (tertiary alicyclic amines) is 1. The van der Waals surface area contributed by atoms with E-state index in [9.17, 15) is 0 Å². The molecule has 1 aromatic heterocycles. The van der Waals surface area contributed by atoms with Crippen molar-refractivity contribution in [2.75, 3.05) is 26.7 Å². The quantitative estimate of drug-likeness (QED) is 0.411. The molecule has 0 bridgehead atoms. The van der Waals surface area contributed by atoms with Gasteiger partial charge in [-0.1, -0.05) is 5.16 Å². The number of hydrogen-bond acceptors (Lipinski definition) is 4. The fraction of sp³-hybridized carbons (Fsp3) is 0.765. The third-order valence-corrected chi connectivity index (χ3v) is 4.67. The van der Waals surface area contributed by atoms with E-state index >= 15 is 0 Å². The van der Waals surface area contributed by atoms with E-state index in [0.717, 1.165) is 43.5 Å². The number of piperidine rings is 1. The highest BCUT2D eigenvalue weighted by Gasteiger charge is 2.21. The molecule has 0 aromatic carbocycles. The molecule has 1 aromatic rings. The summed E-state index contributed by atoms with van der Waals surface area (Å²) in [7, 11) is 1.83. The van der Waals surface area contributed by atoms with E-state index in [0.29, 0.717) is 12.1 Å². The van der Waals surface area contributed by atoms with Crippen molar-refractivity contribution < 1.29 is 4.52 Å². The maximum Gasteiger partial charge on any atom is 0.191 e. The zero-order valence-electron chi connectivity index (χ0n) is 15.6. The summed E-state index contributed by atoms with van der Waals surface area (Å²) in [6.45, 7) is 11.6. The Morgan fingerprint density at radius 1 is 1.33 bits per heavy atom. The molecule has 138 valence electrons. The van der Waals surface area contributed by atoms with Gasteiger partial charge < -0.3 is 20.1 Å². The van der Waals surface area contributed by atoms with E-state index in [1.165, 1.54) is 18.4 Å². The van der Waals surface area contributed by atoms with E-state index in [2.05, 4.69) is 39.5 Å². The Kier molecular flexibility index (Phi) is 9.04. The summed E-state index contributed by atoms with van der Waals surface area (Å²) in [5.41, 5.74) is 2.17. The average Bonchev–Trinajstić information content (AvgIpc) is 2.86. The number of aliphatic imine (C=N–C) groups is 1. The minimum Gasteiger partial charge on any atom is -0.361 e. The van der Waals surface area contributed by atoms with Crippen LogP contribution in [0.3, 0.4) is 0 Å². The molecule has 0 spiro atoms. The van der Waals surface area contributed by atoms with Crippen molar-refractivity contribution in [3.8, 4) is 0 Å². The lowest BCUT2D eigenvalue weighted by Gasteiger charge is -2.35. The smallest absolute Gasteiger partial charge is 0.191 e. The normalized spacial score (nSPS) is 17.0. The monoisotopic (exact) mass is 449 g/mol. The molecule has 1 saturated heterocycles. The van der Waals surface area contributed by atoms with Crippen LogP contribution in [0.4, 0.5) is 0 Å². The number of hydrogen-bond donors (Lipinski definition) is 2. The first kappa shape index (κ1) is 21.2. The van der Waals surface area contributed by atoms with E-state index < -0.39 is 0 Å². The topological polar surface area (TPSA) is 65.7 Å². The van der Waals surface area contributed by atoms with E-state index in [1.807, 2.05) is 20.9 Å². The molecular formula is C17H32IN5O. The molecule has 0 saturated carbocycles. The van der Waals surface area contributed by atoms with Crippen molar-refractivity contribution in [2.24, 2.45) is 4.99 Å². The highest BCUT2D eigenvalue weighted by Crippen LogP contribution is 2.13. The number of nitrogens with zero attached hydrogens (tertiary/aromatic N) is 3. The van der Waals surface area contributed by atoms with Crippen LogP contribution in [0.2, 0.25) is 0 Å². The van der Waals surface area contributed by atoms with Crippen molar-refractivity contribution in [3.63, 3.8) is 0 Å². The van der Waals surface area contributed by atoms with Gasteiger partial charge in [-0.15, -0.1) is 24.0 Å². The molecule has 7 heteroatoms. The highest BCUT2D eigenvalue weighted by atomic mass is 127. The summed E-state index contributed by atoms with van der Waals surface area (Å²) >= 11 is 0. The lowest BCUT2D eigenvalue weighted by molar-refractivity contribution is 0.167. The fourth-order valence-corrected chi connectivity index (χ4v) is 3.11. The SMILES string of the molecule is CN=C(NCCc1c(C)noc1C)NC1CCN(C(C)C)CC1.I. The average molecular weight is 449 g/mol. The van der Waals surface area contributed by atoms with Gasteiger partial charge in [0.25, 0.3) is 0 Å². The Hall–Kier alpha value is -0.830. The van der Waals surface area contributed by atoms with Crippen molar-refractivity contribution in [2.45, 2.75) is 59.0 Å². The van der Waals surface area contributed by atoms with Gasteiger partial charge >= 0.3 is 0 Å². The molecule has 0 amide bonds.